The Labute approximate surface area is 113 Å². The van der Waals surface area contributed by atoms with Gasteiger partial charge in [0.05, 0.1) is 5.39 Å². The second-order valence-electron chi connectivity index (χ2n) is 4.15. The van der Waals surface area contributed by atoms with E-state index in [4.69, 9.17) is 16.0 Å². The molecule has 2 aromatic carbocycles. The fourth-order valence-corrected chi connectivity index (χ4v) is 2.17. The maximum Gasteiger partial charge on any atom is 0.344 e. The Morgan fingerprint density at radius 2 is 1.74 bits per heavy atom. The Bertz CT molecular complexity index is 804. The van der Waals surface area contributed by atoms with E-state index in [0.717, 1.165) is 0 Å². The molecule has 1 heterocycles. The number of aromatic hydroxyl groups is 1. The second-order valence-corrected chi connectivity index (χ2v) is 4.55. The van der Waals surface area contributed by atoms with Crippen molar-refractivity contribution >= 4 is 22.4 Å². The standard InChI is InChI=1S/C15H9ClO3/c16-13-3-1-2-11-12(13)8-14(19-15(11)18)9-4-6-10(17)7-5-9/h1-8,17H. The first-order valence-corrected chi connectivity index (χ1v) is 6.05. The lowest BCUT2D eigenvalue weighted by Gasteiger charge is -2.04. The van der Waals surface area contributed by atoms with Gasteiger partial charge in [-0.1, -0.05) is 17.7 Å². The van der Waals surface area contributed by atoms with Gasteiger partial charge in [-0.25, -0.2) is 4.79 Å². The van der Waals surface area contributed by atoms with Gasteiger partial charge in [0.1, 0.15) is 11.5 Å². The molecule has 94 valence electrons. The Morgan fingerprint density at radius 1 is 1.00 bits per heavy atom. The van der Waals surface area contributed by atoms with Gasteiger partial charge in [-0.15, -0.1) is 0 Å². The highest BCUT2D eigenvalue weighted by Gasteiger charge is 2.08. The third-order valence-corrected chi connectivity index (χ3v) is 3.23. The summed E-state index contributed by atoms with van der Waals surface area (Å²) in [4.78, 5) is 11.9. The average Bonchev–Trinajstić information content (AvgIpc) is 2.41. The van der Waals surface area contributed by atoms with Crippen molar-refractivity contribution in [2.75, 3.05) is 0 Å². The second kappa shape index (κ2) is 4.44. The summed E-state index contributed by atoms with van der Waals surface area (Å²) in [6.07, 6.45) is 0. The highest BCUT2D eigenvalue weighted by Crippen LogP contribution is 2.27. The summed E-state index contributed by atoms with van der Waals surface area (Å²) in [5, 5.41) is 10.9. The first kappa shape index (κ1) is 11.8. The zero-order valence-corrected chi connectivity index (χ0v) is 10.5. The fraction of sp³-hybridized carbons (Fsp3) is 0. The first-order valence-electron chi connectivity index (χ1n) is 5.67. The molecule has 19 heavy (non-hydrogen) atoms. The van der Waals surface area contributed by atoms with Gasteiger partial charge in [0, 0.05) is 16.0 Å². The van der Waals surface area contributed by atoms with Crippen molar-refractivity contribution in [3.8, 4) is 17.1 Å². The van der Waals surface area contributed by atoms with E-state index in [0.29, 0.717) is 27.1 Å². The molecule has 0 aliphatic rings. The zero-order valence-electron chi connectivity index (χ0n) is 9.76. The monoisotopic (exact) mass is 272 g/mol. The summed E-state index contributed by atoms with van der Waals surface area (Å²) in [6.45, 7) is 0. The van der Waals surface area contributed by atoms with Crippen molar-refractivity contribution in [3.05, 3.63) is 64.0 Å². The maximum absolute atomic E-state index is 11.9. The minimum absolute atomic E-state index is 0.157. The molecule has 1 aromatic heterocycles. The number of phenols is 1. The lowest BCUT2D eigenvalue weighted by Crippen LogP contribution is -2.00. The van der Waals surface area contributed by atoms with Crippen LogP contribution >= 0.6 is 11.6 Å². The van der Waals surface area contributed by atoms with Crippen LogP contribution < -0.4 is 5.63 Å². The normalized spacial score (nSPS) is 10.8. The molecule has 3 nitrogen and oxygen atoms in total. The van der Waals surface area contributed by atoms with Crippen molar-refractivity contribution in [1.82, 2.24) is 0 Å². The lowest BCUT2D eigenvalue weighted by molar-refractivity contribution is 0.475. The molecular formula is C15H9ClO3. The third kappa shape index (κ3) is 2.09. The van der Waals surface area contributed by atoms with Crippen LogP contribution in [-0.4, -0.2) is 5.11 Å². The van der Waals surface area contributed by atoms with Gasteiger partial charge in [0.2, 0.25) is 0 Å². The summed E-state index contributed by atoms with van der Waals surface area (Å²) in [7, 11) is 0. The Balaban J connectivity index is 2.29. The van der Waals surface area contributed by atoms with Crippen LogP contribution in [0.4, 0.5) is 0 Å². The van der Waals surface area contributed by atoms with E-state index < -0.39 is 5.63 Å². The van der Waals surface area contributed by atoms with Crippen LogP contribution in [0.25, 0.3) is 22.1 Å². The molecular weight excluding hydrogens is 264 g/mol. The quantitative estimate of drug-likeness (QED) is 0.733. The summed E-state index contributed by atoms with van der Waals surface area (Å²) >= 11 is 6.09. The minimum Gasteiger partial charge on any atom is -0.508 e. The minimum atomic E-state index is -0.428. The van der Waals surface area contributed by atoms with E-state index in [9.17, 15) is 9.90 Å². The van der Waals surface area contributed by atoms with Crippen LogP contribution in [0, 0.1) is 0 Å². The largest absolute Gasteiger partial charge is 0.508 e. The number of rotatable bonds is 1. The van der Waals surface area contributed by atoms with Crippen LogP contribution in [0.3, 0.4) is 0 Å². The molecule has 0 unspecified atom stereocenters. The Kier molecular flexibility index (Phi) is 2.76. The third-order valence-electron chi connectivity index (χ3n) is 2.90. The van der Waals surface area contributed by atoms with E-state index in [1.165, 1.54) is 12.1 Å². The van der Waals surface area contributed by atoms with Crippen LogP contribution in [0.1, 0.15) is 0 Å². The number of benzene rings is 2. The summed E-state index contributed by atoms with van der Waals surface area (Å²) < 4.78 is 5.28. The van der Waals surface area contributed by atoms with Gasteiger partial charge in [-0.3, -0.25) is 0 Å². The molecule has 4 heteroatoms. The predicted molar refractivity (Wildman–Crippen MR) is 74.6 cm³/mol. The molecule has 0 amide bonds. The van der Waals surface area contributed by atoms with Crippen molar-refractivity contribution in [2.24, 2.45) is 0 Å². The van der Waals surface area contributed by atoms with Gasteiger partial charge in [-0.05, 0) is 42.5 Å². The molecule has 0 saturated carbocycles. The average molecular weight is 273 g/mol. The smallest absolute Gasteiger partial charge is 0.344 e. The molecule has 0 atom stereocenters. The van der Waals surface area contributed by atoms with Gasteiger partial charge < -0.3 is 9.52 Å². The lowest BCUT2D eigenvalue weighted by atomic mass is 10.1. The van der Waals surface area contributed by atoms with Crippen LogP contribution in [0.15, 0.2) is 57.7 Å². The molecule has 0 aliphatic heterocycles. The van der Waals surface area contributed by atoms with Gasteiger partial charge in [0.25, 0.3) is 0 Å². The molecule has 0 aliphatic carbocycles. The molecule has 0 spiro atoms. The molecule has 3 aromatic rings. The highest BCUT2D eigenvalue weighted by molar-refractivity contribution is 6.35. The van der Waals surface area contributed by atoms with E-state index in [-0.39, 0.29) is 5.75 Å². The number of phenolic OH excluding ortho intramolecular Hbond substituents is 1. The van der Waals surface area contributed by atoms with E-state index in [1.807, 2.05) is 0 Å². The summed E-state index contributed by atoms with van der Waals surface area (Å²) in [5.74, 6) is 0.579. The maximum atomic E-state index is 11.9. The predicted octanol–water partition coefficient (Wildman–Crippen LogP) is 3.82. The van der Waals surface area contributed by atoms with E-state index >= 15 is 0 Å². The van der Waals surface area contributed by atoms with Crippen molar-refractivity contribution in [1.29, 1.82) is 0 Å². The summed E-state index contributed by atoms with van der Waals surface area (Å²) in [6, 6.07) is 13.3. The topological polar surface area (TPSA) is 50.4 Å². The zero-order chi connectivity index (χ0) is 13.4. The number of fused-ring (bicyclic) bond motifs is 1. The number of hydrogen-bond acceptors (Lipinski definition) is 3. The number of halogens is 1. The molecule has 1 N–H and O–H groups in total. The fourth-order valence-electron chi connectivity index (χ4n) is 1.95. The van der Waals surface area contributed by atoms with Crippen LogP contribution in [0.2, 0.25) is 5.02 Å². The van der Waals surface area contributed by atoms with Gasteiger partial charge in [0.15, 0.2) is 0 Å². The first-order chi connectivity index (χ1) is 9.15. The van der Waals surface area contributed by atoms with Gasteiger partial charge >= 0.3 is 5.63 Å². The van der Waals surface area contributed by atoms with Crippen molar-refractivity contribution in [3.63, 3.8) is 0 Å². The van der Waals surface area contributed by atoms with Gasteiger partial charge in [-0.2, -0.15) is 0 Å². The van der Waals surface area contributed by atoms with E-state index in [1.54, 1.807) is 36.4 Å². The highest BCUT2D eigenvalue weighted by atomic mass is 35.5. The van der Waals surface area contributed by atoms with E-state index in [2.05, 4.69) is 0 Å². The molecule has 3 rings (SSSR count). The summed E-state index contributed by atoms with van der Waals surface area (Å²) in [5.41, 5.74) is 0.278. The molecule has 0 saturated heterocycles. The van der Waals surface area contributed by atoms with Crippen molar-refractivity contribution < 1.29 is 9.52 Å². The SMILES string of the molecule is O=c1oc(-c2ccc(O)cc2)cc2c(Cl)cccc12. The molecule has 0 radical (unpaired) electrons. The Hall–Kier alpha value is -2.26. The molecule has 0 fully saturated rings. The molecule has 0 bridgehead atoms. The van der Waals surface area contributed by atoms with Crippen molar-refractivity contribution in [2.45, 2.75) is 0 Å². The van der Waals surface area contributed by atoms with Crippen LogP contribution in [0.5, 0.6) is 5.75 Å². The Morgan fingerprint density at radius 3 is 2.47 bits per heavy atom. The van der Waals surface area contributed by atoms with Crippen LogP contribution in [-0.2, 0) is 0 Å². The number of hydrogen-bond donors (Lipinski definition) is 1.